The van der Waals surface area contributed by atoms with E-state index in [1.807, 2.05) is 0 Å². The van der Waals surface area contributed by atoms with Crippen LogP contribution in [-0.4, -0.2) is 42.9 Å². The van der Waals surface area contributed by atoms with E-state index in [1.54, 1.807) is 0 Å². The van der Waals surface area contributed by atoms with Crippen LogP contribution >= 0.6 is 11.8 Å². The molecule has 0 fully saturated rings. The molecule has 138 valence electrons. The Morgan fingerprint density at radius 3 is 2.40 bits per heavy atom. The average molecular weight is 370 g/mol. The van der Waals surface area contributed by atoms with Crippen molar-refractivity contribution >= 4 is 35.2 Å². The highest BCUT2D eigenvalue weighted by Crippen LogP contribution is 2.09. The first-order chi connectivity index (χ1) is 12.0. The number of thioether (sulfide) groups is 1. The Morgan fingerprint density at radius 2 is 1.72 bits per heavy atom. The summed E-state index contributed by atoms with van der Waals surface area (Å²) in [6, 6.07) is 5.48. The van der Waals surface area contributed by atoms with Crippen molar-refractivity contribution in [3.8, 4) is 0 Å². The predicted molar refractivity (Wildman–Crippen MR) is 95.8 cm³/mol. The predicted octanol–water partition coefficient (Wildman–Crippen LogP) is 2.35. The number of benzene rings is 1. The van der Waals surface area contributed by atoms with Gasteiger partial charge in [0, 0.05) is 18.7 Å². The van der Waals surface area contributed by atoms with E-state index in [9.17, 15) is 18.8 Å². The van der Waals surface area contributed by atoms with E-state index in [-0.39, 0.29) is 35.1 Å². The molecule has 2 N–H and O–H groups in total. The van der Waals surface area contributed by atoms with E-state index in [0.717, 1.165) is 19.3 Å². The van der Waals surface area contributed by atoms with Gasteiger partial charge in [-0.05, 0) is 37.1 Å². The van der Waals surface area contributed by atoms with Crippen LogP contribution in [0.25, 0.3) is 0 Å². The van der Waals surface area contributed by atoms with E-state index in [1.165, 1.54) is 43.1 Å². The second-order valence-electron chi connectivity index (χ2n) is 5.28. The molecule has 1 aromatic carbocycles. The lowest BCUT2D eigenvalue weighted by molar-refractivity contribution is -0.140. The summed E-state index contributed by atoms with van der Waals surface area (Å²) in [5.74, 6) is -0.628. The number of ether oxygens (including phenoxy) is 1. The summed E-state index contributed by atoms with van der Waals surface area (Å²) in [7, 11) is 1.36. The van der Waals surface area contributed by atoms with Crippen molar-refractivity contribution in [2.24, 2.45) is 0 Å². The first-order valence-corrected chi connectivity index (χ1v) is 9.13. The lowest BCUT2D eigenvalue weighted by atomic mass is 10.2. The van der Waals surface area contributed by atoms with Gasteiger partial charge in [-0.1, -0.05) is 6.42 Å². The minimum Gasteiger partial charge on any atom is -0.469 e. The molecule has 0 radical (unpaired) electrons. The third-order valence-electron chi connectivity index (χ3n) is 3.20. The minimum atomic E-state index is -0.366. The smallest absolute Gasteiger partial charge is 0.305 e. The second kappa shape index (κ2) is 12.3. The number of nitrogens with one attached hydrogen (secondary N) is 2. The van der Waals surface area contributed by atoms with Crippen LogP contribution in [0, 0.1) is 5.82 Å². The number of amides is 2. The number of unbranched alkanes of at least 4 members (excludes halogenated alkanes) is 2. The zero-order valence-electron chi connectivity index (χ0n) is 14.2. The van der Waals surface area contributed by atoms with E-state index >= 15 is 0 Å². The maximum Gasteiger partial charge on any atom is 0.305 e. The van der Waals surface area contributed by atoms with Crippen LogP contribution in [0.2, 0.25) is 0 Å². The van der Waals surface area contributed by atoms with Crippen LogP contribution in [0.15, 0.2) is 24.3 Å². The second-order valence-corrected chi connectivity index (χ2v) is 6.27. The lowest BCUT2D eigenvalue weighted by Crippen LogP contribution is -2.27. The Morgan fingerprint density at radius 1 is 1.04 bits per heavy atom. The molecule has 0 aliphatic carbocycles. The summed E-state index contributed by atoms with van der Waals surface area (Å²) in [5, 5.41) is 5.39. The molecule has 0 saturated carbocycles. The van der Waals surface area contributed by atoms with E-state index in [0.29, 0.717) is 18.7 Å². The fraction of sp³-hybridized carbons (Fsp3) is 0.471. The lowest BCUT2D eigenvalue weighted by Gasteiger charge is -2.06. The van der Waals surface area contributed by atoms with Crippen molar-refractivity contribution in [2.45, 2.75) is 25.7 Å². The molecule has 0 aromatic heterocycles. The molecule has 0 unspecified atom stereocenters. The fourth-order valence-corrected chi connectivity index (χ4v) is 2.57. The van der Waals surface area contributed by atoms with Crippen molar-refractivity contribution < 1.29 is 23.5 Å². The number of carbonyl (C=O) groups excluding carboxylic acids is 3. The van der Waals surface area contributed by atoms with Gasteiger partial charge in [-0.25, -0.2) is 4.39 Å². The number of hydrogen-bond donors (Lipinski definition) is 2. The topological polar surface area (TPSA) is 84.5 Å². The molecule has 0 atom stereocenters. The highest BCUT2D eigenvalue weighted by Gasteiger charge is 2.06. The SMILES string of the molecule is COC(=O)CCCCCNC(=O)CSCC(=O)Nc1ccc(F)cc1. The number of methoxy groups -OCH3 is 1. The number of halogens is 1. The van der Waals surface area contributed by atoms with Crippen LogP contribution in [0.4, 0.5) is 10.1 Å². The Bertz CT molecular complexity index is 566. The summed E-state index contributed by atoms with van der Waals surface area (Å²) in [6.45, 7) is 0.544. The third kappa shape index (κ3) is 10.4. The van der Waals surface area contributed by atoms with E-state index in [4.69, 9.17) is 0 Å². The summed E-state index contributed by atoms with van der Waals surface area (Å²) >= 11 is 1.21. The molecule has 0 bridgehead atoms. The van der Waals surface area contributed by atoms with Gasteiger partial charge in [-0.15, -0.1) is 11.8 Å². The van der Waals surface area contributed by atoms with Crippen LogP contribution < -0.4 is 10.6 Å². The number of carbonyl (C=O) groups is 3. The van der Waals surface area contributed by atoms with Gasteiger partial charge >= 0.3 is 5.97 Å². The molecular weight excluding hydrogens is 347 g/mol. The molecule has 8 heteroatoms. The van der Waals surface area contributed by atoms with Gasteiger partial charge in [0.15, 0.2) is 0 Å². The molecule has 0 heterocycles. The van der Waals surface area contributed by atoms with Crippen molar-refractivity contribution in [3.63, 3.8) is 0 Å². The van der Waals surface area contributed by atoms with Gasteiger partial charge in [0.05, 0.1) is 18.6 Å². The Kier molecular flexibility index (Phi) is 10.3. The molecule has 2 amide bonds. The van der Waals surface area contributed by atoms with Gasteiger partial charge < -0.3 is 15.4 Å². The van der Waals surface area contributed by atoms with Crippen molar-refractivity contribution in [1.82, 2.24) is 5.32 Å². The highest BCUT2D eigenvalue weighted by atomic mass is 32.2. The first-order valence-electron chi connectivity index (χ1n) is 7.98. The Hall–Kier alpha value is -2.09. The van der Waals surface area contributed by atoms with Crippen molar-refractivity contribution in [1.29, 1.82) is 0 Å². The molecule has 1 rings (SSSR count). The molecule has 0 spiro atoms. The molecule has 0 aliphatic rings. The number of esters is 1. The molecule has 0 aliphatic heterocycles. The largest absolute Gasteiger partial charge is 0.469 e. The Labute approximate surface area is 150 Å². The quantitative estimate of drug-likeness (QED) is 0.461. The maximum absolute atomic E-state index is 12.8. The summed E-state index contributed by atoms with van der Waals surface area (Å²) in [6.07, 6.45) is 2.76. The molecule has 0 saturated heterocycles. The van der Waals surface area contributed by atoms with Gasteiger partial charge in [0.2, 0.25) is 11.8 Å². The molecule has 6 nitrogen and oxygen atoms in total. The van der Waals surface area contributed by atoms with E-state index in [2.05, 4.69) is 15.4 Å². The number of rotatable bonds is 11. The van der Waals surface area contributed by atoms with Crippen LogP contribution in [-0.2, 0) is 19.1 Å². The van der Waals surface area contributed by atoms with Crippen LogP contribution in [0.3, 0.4) is 0 Å². The number of hydrogen-bond acceptors (Lipinski definition) is 5. The Balaban J connectivity index is 2.03. The summed E-state index contributed by atoms with van der Waals surface area (Å²) < 4.78 is 17.3. The van der Waals surface area contributed by atoms with Crippen LogP contribution in [0.5, 0.6) is 0 Å². The summed E-state index contributed by atoms with van der Waals surface area (Å²) in [4.78, 5) is 34.2. The molecule has 1 aromatic rings. The average Bonchev–Trinajstić information content (AvgIpc) is 2.59. The molecular formula is C17H23FN2O4S. The first kappa shape index (κ1) is 21.0. The van der Waals surface area contributed by atoms with Gasteiger partial charge in [-0.3, -0.25) is 14.4 Å². The summed E-state index contributed by atoms with van der Waals surface area (Å²) in [5.41, 5.74) is 0.517. The van der Waals surface area contributed by atoms with Crippen molar-refractivity contribution in [2.75, 3.05) is 30.5 Å². The fourth-order valence-electron chi connectivity index (χ4n) is 1.92. The third-order valence-corrected chi connectivity index (χ3v) is 4.13. The van der Waals surface area contributed by atoms with Gasteiger partial charge in [0.25, 0.3) is 0 Å². The van der Waals surface area contributed by atoms with Crippen LogP contribution in [0.1, 0.15) is 25.7 Å². The van der Waals surface area contributed by atoms with Crippen molar-refractivity contribution in [3.05, 3.63) is 30.1 Å². The normalized spacial score (nSPS) is 10.2. The minimum absolute atomic E-state index is 0.132. The highest BCUT2D eigenvalue weighted by molar-refractivity contribution is 8.00. The van der Waals surface area contributed by atoms with Gasteiger partial charge in [0.1, 0.15) is 5.82 Å². The maximum atomic E-state index is 12.8. The number of anilines is 1. The molecule has 25 heavy (non-hydrogen) atoms. The zero-order valence-corrected chi connectivity index (χ0v) is 15.0. The van der Waals surface area contributed by atoms with Gasteiger partial charge in [-0.2, -0.15) is 0 Å². The standard InChI is InChI=1S/C17H23FN2O4S/c1-24-17(23)5-3-2-4-10-19-15(21)11-25-12-16(22)20-14-8-6-13(18)7-9-14/h6-9H,2-5,10-12H2,1H3,(H,19,21)(H,20,22). The van der Waals surface area contributed by atoms with E-state index < -0.39 is 0 Å². The zero-order chi connectivity index (χ0) is 18.5. The monoisotopic (exact) mass is 370 g/mol.